The second-order valence-electron chi connectivity index (χ2n) is 6.09. The van der Waals surface area contributed by atoms with Gasteiger partial charge in [0.1, 0.15) is 0 Å². The van der Waals surface area contributed by atoms with Crippen LogP contribution in [0.4, 0.5) is 0 Å². The minimum absolute atomic E-state index is 0.0792. The van der Waals surface area contributed by atoms with Gasteiger partial charge in [0.05, 0.1) is 19.3 Å². The summed E-state index contributed by atoms with van der Waals surface area (Å²) < 4.78 is 5.65. The Morgan fingerprint density at radius 2 is 2.38 bits per heavy atom. The predicted molar refractivity (Wildman–Crippen MR) is 84.3 cm³/mol. The molecule has 1 amide bonds. The Kier molecular flexibility index (Phi) is 7.19. The van der Waals surface area contributed by atoms with E-state index in [1.165, 1.54) is 31.3 Å². The van der Waals surface area contributed by atoms with Crippen LogP contribution in [0.3, 0.4) is 0 Å². The maximum Gasteiger partial charge on any atom is 0.233 e. The summed E-state index contributed by atoms with van der Waals surface area (Å²) in [4.78, 5) is 14.0. The third kappa shape index (κ3) is 6.59. The molecule has 5 heteroatoms. The normalized spacial score (nSPS) is 23.7. The number of carbonyl (C=O) groups excluding carboxylic acids is 1. The van der Waals surface area contributed by atoms with Gasteiger partial charge in [0.15, 0.2) is 0 Å². The predicted octanol–water partition coefficient (Wildman–Crippen LogP) is 0.913. The smallest absolute Gasteiger partial charge is 0.233 e. The van der Waals surface area contributed by atoms with E-state index in [1.807, 2.05) is 0 Å². The summed E-state index contributed by atoms with van der Waals surface area (Å²) >= 11 is 0. The first-order chi connectivity index (χ1) is 10.2. The number of likely N-dealkylation sites (N-methyl/N-ethyl adjacent to an activating group) is 1. The molecule has 0 radical (unpaired) electrons. The molecule has 120 valence electrons. The van der Waals surface area contributed by atoms with Crippen LogP contribution < -0.4 is 10.6 Å². The summed E-state index contributed by atoms with van der Waals surface area (Å²) in [6.45, 7) is 4.58. The van der Waals surface area contributed by atoms with Gasteiger partial charge in [-0.05, 0) is 39.2 Å². The zero-order chi connectivity index (χ0) is 14.9. The maximum absolute atomic E-state index is 11.7. The summed E-state index contributed by atoms with van der Waals surface area (Å²) in [5.41, 5.74) is 1.51. The molecule has 0 saturated carbocycles. The van der Waals surface area contributed by atoms with Gasteiger partial charge in [-0.3, -0.25) is 4.79 Å². The van der Waals surface area contributed by atoms with E-state index in [0.717, 1.165) is 39.2 Å². The van der Waals surface area contributed by atoms with Crippen molar-refractivity contribution < 1.29 is 9.53 Å². The Labute approximate surface area is 128 Å². The number of amides is 1. The number of ether oxygens (including phenoxy) is 1. The molecule has 0 aromatic rings. The average molecular weight is 295 g/mol. The molecule has 0 bridgehead atoms. The van der Waals surface area contributed by atoms with Crippen molar-refractivity contribution in [2.45, 2.75) is 38.2 Å². The molecule has 0 aromatic carbocycles. The minimum atomic E-state index is 0.0792. The van der Waals surface area contributed by atoms with E-state index in [2.05, 4.69) is 28.7 Å². The highest BCUT2D eigenvalue weighted by Gasteiger charge is 2.17. The van der Waals surface area contributed by atoms with Crippen LogP contribution in [0.5, 0.6) is 0 Å². The van der Waals surface area contributed by atoms with Crippen molar-refractivity contribution >= 4 is 5.91 Å². The van der Waals surface area contributed by atoms with Crippen molar-refractivity contribution in [1.29, 1.82) is 0 Å². The van der Waals surface area contributed by atoms with E-state index in [9.17, 15) is 4.79 Å². The van der Waals surface area contributed by atoms with Crippen LogP contribution >= 0.6 is 0 Å². The molecule has 0 aromatic heterocycles. The van der Waals surface area contributed by atoms with E-state index in [-0.39, 0.29) is 12.0 Å². The van der Waals surface area contributed by atoms with Gasteiger partial charge in [-0.25, -0.2) is 0 Å². The summed E-state index contributed by atoms with van der Waals surface area (Å²) in [5, 5.41) is 6.17. The number of nitrogens with one attached hydrogen (secondary N) is 2. The monoisotopic (exact) mass is 295 g/mol. The molecule has 2 aliphatic rings. The molecule has 2 rings (SSSR count). The van der Waals surface area contributed by atoms with Crippen molar-refractivity contribution in [2.24, 2.45) is 0 Å². The van der Waals surface area contributed by atoms with Crippen LogP contribution in [-0.2, 0) is 9.53 Å². The van der Waals surface area contributed by atoms with Crippen LogP contribution in [0.1, 0.15) is 32.1 Å². The van der Waals surface area contributed by atoms with Gasteiger partial charge in [0.25, 0.3) is 0 Å². The van der Waals surface area contributed by atoms with Crippen molar-refractivity contribution in [3.63, 3.8) is 0 Å². The fourth-order valence-corrected chi connectivity index (χ4v) is 2.89. The molecular weight excluding hydrogens is 266 g/mol. The topological polar surface area (TPSA) is 53.6 Å². The van der Waals surface area contributed by atoms with Gasteiger partial charge in [0.2, 0.25) is 5.91 Å². The molecule has 1 fully saturated rings. The lowest BCUT2D eigenvalue weighted by atomic mass is 9.97. The Hall–Kier alpha value is -0.910. The van der Waals surface area contributed by atoms with Crippen molar-refractivity contribution in [3.8, 4) is 0 Å². The van der Waals surface area contributed by atoms with E-state index < -0.39 is 0 Å². The Balaban J connectivity index is 1.50. The van der Waals surface area contributed by atoms with Crippen molar-refractivity contribution in [1.82, 2.24) is 15.5 Å². The van der Waals surface area contributed by atoms with E-state index in [4.69, 9.17) is 4.74 Å². The Morgan fingerprint density at radius 3 is 3.14 bits per heavy atom. The molecule has 1 aliphatic heterocycles. The van der Waals surface area contributed by atoms with Crippen LogP contribution in [0.15, 0.2) is 11.6 Å². The highest BCUT2D eigenvalue weighted by molar-refractivity contribution is 5.77. The van der Waals surface area contributed by atoms with Crippen LogP contribution in [0.25, 0.3) is 0 Å². The highest BCUT2D eigenvalue weighted by Crippen LogP contribution is 2.19. The molecule has 2 N–H and O–H groups in total. The maximum atomic E-state index is 11.7. The number of allylic oxidation sites excluding steroid dienone is 1. The molecule has 1 atom stereocenters. The molecular formula is C16H29N3O2. The largest absolute Gasteiger partial charge is 0.374 e. The molecule has 5 nitrogen and oxygen atoms in total. The first-order valence-corrected chi connectivity index (χ1v) is 8.19. The average Bonchev–Trinajstić information content (AvgIpc) is 2.48. The molecule has 1 heterocycles. The van der Waals surface area contributed by atoms with Gasteiger partial charge in [-0.1, -0.05) is 11.6 Å². The molecule has 21 heavy (non-hydrogen) atoms. The van der Waals surface area contributed by atoms with Gasteiger partial charge in [-0.2, -0.15) is 0 Å². The molecule has 0 spiro atoms. The lowest BCUT2D eigenvalue weighted by molar-refractivity contribution is -0.120. The van der Waals surface area contributed by atoms with Gasteiger partial charge < -0.3 is 20.3 Å². The summed E-state index contributed by atoms with van der Waals surface area (Å²) in [6, 6.07) is 0. The fourth-order valence-electron chi connectivity index (χ4n) is 2.89. The second-order valence-corrected chi connectivity index (χ2v) is 6.09. The number of hydrogen-bond acceptors (Lipinski definition) is 4. The van der Waals surface area contributed by atoms with E-state index in [1.54, 1.807) is 0 Å². The number of carbonyl (C=O) groups is 1. The molecule has 0 unspecified atom stereocenters. The third-order valence-electron chi connectivity index (χ3n) is 4.15. The third-order valence-corrected chi connectivity index (χ3v) is 4.15. The SMILES string of the molecule is CN1CCO[C@H](CNCC(=O)NCCC2=CCCCC2)C1. The first-order valence-electron chi connectivity index (χ1n) is 8.19. The van der Waals surface area contributed by atoms with Crippen LogP contribution in [0, 0.1) is 0 Å². The van der Waals surface area contributed by atoms with Crippen LogP contribution in [0.2, 0.25) is 0 Å². The number of nitrogens with zero attached hydrogens (tertiary/aromatic N) is 1. The lowest BCUT2D eigenvalue weighted by Gasteiger charge is -2.30. The van der Waals surface area contributed by atoms with E-state index >= 15 is 0 Å². The van der Waals surface area contributed by atoms with Crippen molar-refractivity contribution in [2.75, 3.05) is 46.4 Å². The van der Waals surface area contributed by atoms with Crippen LogP contribution in [-0.4, -0.2) is 63.3 Å². The minimum Gasteiger partial charge on any atom is -0.374 e. The second kappa shape index (κ2) is 9.18. The summed E-state index contributed by atoms with van der Waals surface area (Å²) in [7, 11) is 2.10. The quantitative estimate of drug-likeness (QED) is 0.686. The van der Waals surface area contributed by atoms with E-state index in [0.29, 0.717) is 6.54 Å². The first kappa shape index (κ1) is 16.5. The number of morpholine rings is 1. The van der Waals surface area contributed by atoms with Gasteiger partial charge >= 0.3 is 0 Å². The number of hydrogen-bond donors (Lipinski definition) is 2. The Bertz CT molecular complexity index is 357. The van der Waals surface area contributed by atoms with Gasteiger partial charge in [0, 0.05) is 26.2 Å². The highest BCUT2D eigenvalue weighted by atomic mass is 16.5. The zero-order valence-electron chi connectivity index (χ0n) is 13.2. The Morgan fingerprint density at radius 1 is 1.48 bits per heavy atom. The van der Waals surface area contributed by atoms with Gasteiger partial charge in [-0.15, -0.1) is 0 Å². The number of rotatable bonds is 7. The summed E-state index contributed by atoms with van der Waals surface area (Å²) in [5.74, 6) is 0.0792. The lowest BCUT2D eigenvalue weighted by Crippen LogP contribution is -2.46. The molecule has 1 saturated heterocycles. The zero-order valence-corrected chi connectivity index (χ0v) is 13.2. The standard InChI is InChI=1S/C16H29N3O2/c1-19-9-10-21-15(13-19)11-17-12-16(20)18-8-7-14-5-3-2-4-6-14/h5,15,17H,2-4,6-13H2,1H3,(H,18,20)/t15-/m1/s1. The summed E-state index contributed by atoms with van der Waals surface area (Å²) in [6.07, 6.45) is 8.58. The molecule has 1 aliphatic carbocycles. The van der Waals surface area contributed by atoms with Crippen molar-refractivity contribution in [3.05, 3.63) is 11.6 Å². The fraction of sp³-hybridized carbons (Fsp3) is 0.812.